The van der Waals surface area contributed by atoms with Crippen molar-refractivity contribution in [1.82, 2.24) is 0 Å². The minimum Gasteiger partial charge on any atom is -0.344 e. The number of epoxide rings is 1. The highest BCUT2D eigenvalue weighted by molar-refractivity contribution is 6.30. The third-order valence-electron chi connectivity index (χ3n) is 4.09. The number of halogens is 1. The fourth-order valence-corrected chi connectivity index (χ4v) is 2.98. The van der Waals surface area contributed by atoms with Crippen molar-refractivity contribution in [3.63, 3.8) is 0 Å². The Morgan fingerprint density at radius 1 is 1.14 bits per heavy atom. The number of hydrogen-bond donors (Lipinski definition) is 0. The maximum Gasteiger partial charge on any atom is 0.288 e. The van der Waals surface area contributed by atoms with Crippen LogP contribution < -0.4 is 5.01 Å². The number of rotatable bonds is 2. The summed E-state index contributed by atoms with van der Waals surface area (Å²) in [5.74, 6) is -0.142. The second kappa shape index (κ2) is 4.66. The van der Waals surface area contributed by atoms with Crippen LogP contribution in [0.2, 0.25) is 5.02 Å². The van der Waals surface area contributed by atoms with Gasteiger partial charge in [-0.25, -0.2) is 0 Å². The molecule has 1 saturated heterocycles. The lowest BCUT2D eigenvalue weighted by Gasteiger charge is -2.12. The quantitative estimate of drug-likeness (QED) is 0.796. The van der Waals surface area contributed by atoms with Crippen LogP contribution in [0.15, 0.2) is 59.7 Å². The van der Waals surface area contributed by atoms with Gasteiger partial charge in [0.15, 0.2) is 0 Å². The maximum atomic E-state index is 12.8. The molecule has 0 aliphatic carbocycles. The Labute approximate surface area is 133 Å². The number of amides is 1. The van der Waals surface area contributed by atoms with Gasteiger partial charge >= 0.3 is 0 Å². The zero-order chi connectivity index (χ0) is 15.3. The maximum absolute atomic E-state index is 12.8. The molecule has 2 aliphatic rings. The molecular formula is C17H13ClN2O2. The van der Waals surface area contributed by atoms with E-state index >= 15 is 0 Å². The first-order valence-electron chi connectivity index (χ1n) is 7.01. The number of anilines is 1. The molecule has 0 bridgehead atoms. The topological polar surface area (TPSA) is 45.2 Å². The molecule has 0 radical (unpaired) electrons. The van der Waals surface area contributed by atoms with Crippen LogP contribution in [0.3, 0.4) is 0 Å². The van der Waals surface area contributed by atoms with Gasteiger partial charge in [0.05, 0.1) is 11.4 Å². The molecular weight excluding hydrogens is 300 g/mol. The summed E-state index contributed by atoms with van der Waals surface area (Å²) in [7, 11) is 0. The van der Waals surface area contributed by atoms with Gasteiger partial charge in [0.2, 0.25) is 5.60 Å². The molecule has 1 amide bonds. The van der Waals surface area contributed by atoms with E-state index in [1.807, 2.05) is 49.4 Å². The van der Waals surface area contributed by atoms with Crippen molar-refractivity contribution < 1.29 is 9.53 Å². The van der Waals surface area contributed by atoms with Gasteiger partial charge in [0.1, 0.15) is 6.10 Å². The van der Waals surface area contributed by atoms with Crippen molar-refractivity contribution >= 4 is 28.9 Å². The van der Waals surface area contributed by atoms with E-state index in [1.165, 1.54) is 5.01 Å². The highest BCUT2D eigenvalue weighted by Crippen LogP contribution is 2.54. The molecule has 2 aromatic carbocycles. The Kier molecular flexibility index (Phi) is 2.86. The Bertz CT molecular complexity index is 773. The molecule has 4 rings (SSSR count). The summed E-state index contributed by atoms with van der Waals surface area (Å²) in [6.45, 7) is 1.83. The van der Waals surface area contributed by atoms with E-state index < -0.39 is 5.60 Å². The molecule has 2 aromatic rings. The van der Waals surface area contributed by atoms with Crippen molar-refractivity contribution in [2.45, 2.75) is 18.6 Å². The van der Waals surface area contributed by atoms with Crippen molar-refractivity contribution in [2.24, 2.45) is 5.10 Å². The Morgan fingerprint density at radius 3 is 2.50 bits per heavy atom. The van der Waals surface area contributed by atoms with Crippen LogP contribution in [-0.2, 0) is 9.53 Å². The summed E-state index contributed by atoms with van der Waals surface area (Å²) in [4.78, 5) is 12.8. The molecule has 110 valence electrons. The summed E-state index contributed by atoms with van der Waals surface area (Å²) >= 11 is 5.91. The van der Waals surface area contributed by atoms with Gasteiger partial charge < -0.3 is 4.74 Å². The van der Waals surface area contributed by atoms with Crippen LogP contribution >= 0.6 is 11.6 Å². The smallest absolute Gasteiger partial charge is 0.288 e. The molecule has 1 fully saturated rings. The molecule has 2 heterocycles. The standard InChI is InChI=1S/C17H13ClN2O2/c1-11-17(15(22-17)12-7-9-13(18)10-8-12)16(21)20(19-11)14-5-3-2-4-6-14/h2-10,15H,1H3/t15-,17-/m0/s1. The van der Waals surface area contributed by atoms with E-state index in [0.717, 1.165) is 11.3 Å². The molecule has 0 unspecified atom stereocenters. The number of para-hydroxylation sites is 1. The average Bonchev–Trinajstić information content (AvgIpc) is 3.25. The highest BCUT2D eigenvalue weighted by Gasteiger charge is 2.69. The first-order valence-corrected chi connectivity index (χ1v) is 7.39. The largest absolute Gasteiger partial charge is 0.344 e. The molecule has 1 spiro atoms. The van der Waals surface area contributed by atoms with E-state index in [1.54, 1.807) is 12.1 Å². The Morgan fingerprint density at radius 2 is 1.82 bits per heavy atom. The summed E-state index contributed by atoms with van der Waals surface area (Å²) in [6, 6.07) is 16.7. The predicted molar refractivity (Wildman–Crippen MR) is 85.0 cm³/mol. The molecule has 22 heavy (non-hydrogen) atoms. The van der Waals surface area contributed by atoms with Crippen molar-refractivity contribution in [3.8, 4) is 0 Å². The molecule has 5 heteroatoms. The van der Waals surface area contributed by atoms with Crippen molar-refractivity contribution in [3.05, 3.63) is 65.2 Å². The van der Waals surface area contributed by atoms with Crippen LogP contribution in [-0.4, -0.2) is 17.2 Å². The number of hydrogen-bond acceptors (Lipinski definition) is 3. The molecule has 0 saturated carbocycles. The van der Waals surface area contributed by atoms with E-state index in [-0.39, 0.29) is 12.0 Å². The van der Waals surface area contributed by atoms with E-state index in [9.17, 15) is 4.79 Å². The van der Waals surface area contributed by atoms with Gasteiger partial charge in [-0.2, -0.15) is 10.1 Å². The number of benzene rings is 2. The zero-order valence-corrected chi connectivity index (χ0v) is 12.6. The summed E-state index contributed by atoms with van der Waals surface area (Å²) < 4.78 is 5.80. The van der Waals surface area contributed by atoms with Crippen LogP contribution in [0.25, 0.3) is 0 Å². The lowest BCUT2D eigenvalue weighted by atomic mass is 9.95. The molecule has 4 nitrogen and oxygen atoms in total. The normalized spacial score (nSPS) is 26.5. The van der Waals surface area contributed by atoms with Gasteiger partial charge in [0, 0.05) is 5.02 Å². The lowest BCUT2D eigenvalue weighted by Crippen LogP contribution is -2.35. The second-order valence-corrected chi connectivity index (χ2v) is 5.86. The fourth-order valence-electron chi connectivity index (χ4n) is 2.86. The number of carbonyl (C=O) groups excluding carboxylic acids is 1. The summed E-state index contributed by atoms with van der Waals surface area (Å²) in [5.41, 5.74) is 1.40. The average molecular weight is 313 g/mol. The number of ether oxygens (including phenoxy) is 1. The predicted octanol–water partition coefficient (Wildman–Crippen LogP) is 3.57. The van der Waals surface area contributed by atoms with Crippen LogP contribution in [0.1, 0.15) is 18.6 Å². The van der Waals surface area contributed by atoms with Gasteiger partial charge in [0.25, 0.3) is 5.91 Å². The Balaban J connectivity index is 1.67. The van der Waals surface area contributed by atoms with Crippen LogP contribution in [0.5, 0.6) is 0 Å². The third kappa shape index (κ3) is 1.81. The number of carbonyl (C=O) groups is 1. The van der Waals surface area contributed by atoms with Gasteiger partial charge in [-0.05, 0) is 36.8 Å². The monoisotopic (exact) mass is 312 g/mol. The second-order valence-electron chi connectivity index (χ2n) is 5.42. The summed E-state index contributed by atoms with van der Waals surface area (Å²) in [5, 5.41) is 6.48. The van der Waals surface area contributed by atoms with Crippen molar-refractivity contribution in [2.75, 3.05) is 5.01 Å². The lowest BCUT2D eigenvalue weighted by molar-refractivity contribution is -0.120. The van der Waals surface area contributed by atoms with E-state index in [0.29, 0.717) is 10.7 Å². The minimum atomic E-state index is -0.955. The molecule has 2 atom stereocenters. The number of nitrogens with zero attached hydrogens (tertiary/aromatic N) is 2. The zero-order valence-electron chi connectivity index (χ0n) is 11.9. The fraction of sp³-hybridized carbons (Fsp3) is 0.176. The molecule has 0 aromatic heterocycles. The van der Waals surface area contributed by atoms with Crippen LogP contribution in [0, 0.1) is 0 Å². The van der Waals surface area contributed by atoms with Crippen molar-refractivity contribution in [1.29, 1.82) is 0 Å². The molecule has 0 N–H and O–H groups in total. The highest BCUT2D eigenvalue weighted by atomic mass is 35.5. The third-order valence-corrected chi connectivity index (χ3v) is 4.34. The first kappa shape index (κ1) is 13.5. The van der Waals surface area contributed by atoms with Crippen LogP contribution in [0.4, 0.5) is 5.69 Å². The van der Waals surface area contributed by atoms with Gasteiger partial charge in [-0.15, -0.1) is 0 Å². The first-order chi connectivity index (χ1) is 10.6. The minimum absolute atomic E-state index is 0.142. The van der Waals surface area contributed by atoms with E-state index in [4.69, 9.17) is 16.3 Å². The Hall–Kier alpha value is -2.17. The number of hydrazone groups is 1. The molecule has 2 aliphatic heterocycles. The van der Waals surface area contributed by atoms with E-state index in [2.05, 4.69) is 5.10 Å². The van der Waals surface area contributed by atoms with Gasteiger partial charge in [-0.3, -0.25) is 4.79 Å². The van der Waals surface area contributed by atoms with Gasteiger partial charge in [-0.1, -0.05) is 41.9 Å². The SMILES string of the molecule is CC1=NN(c2ccccc2)C(=O)[C@]12O[C@H]2c1ccc(Cl)cc1. The summed E-state index contributed by atoms with van der Waals surface area (Å²) in [6.07, 6.45) is -0.297.